The van der Waals surface area contributed by atoms with Crippen molar-refractivity contribution in [3.63, 3.8) is 0 Å². The molecule has 0 bridgehead atoms. The molecule has 8 heteroatoms. The van der Waals surface area contributed by atoms with Gasteiger partial charge in [0.15, 0.2) is 5.76 Å². The largest absolute Gasteiger partial charge is 0.356 e. The second-order valence-electron chi connectivity index (χ2n) is 7.33. The molecule has 1 aromatic heterocycles. The lowest BCUT2D eigenvalue weighted by Gasteiger charge is -2.29. The van der Waals surface area contributed by atoms with E-state index >= 15 is 0 Å². The number of carbonyl (C=O) groups excluding carboxylic acids is 3. The molecule has 3 aromatic rings. The molecule has 0 aliphatic carbocycles. The lowest BCUT2D eigenvalue weighted by atomic mass is 10.0. The summed E-state index contributed by atoms with van der Waals surface area (Å²) in [6.07, 6.45) is 0.518. The molecule has 2 aliphatic rings. The Kier molecular flexibility index (Phi) is 4.20. The van der Waals surface area contributed by atoms with Gasteiger partial charge in [0.1, 0.15) is 17.6 Å². The van der Waals surface area contributed by atoms with Crippen LogP contribution in [-0.4, -0.2) is 33.8 Å². The van der Waals surface area contributed by atoms with E-state index in [1.54, 1.807) is 36.4 Å². The van der Waals surface area contributed by atoms with E-state index in [0.29, 0.717) is 34.6 Å². The molecule has 2 aromatic carbocycles. The molecule has 0 radical (unpaired) electrons. The normalized spacial score (nSPS) is 18.5. The van der Waals surface area contributed by atoms with Gasteiger partial charge in [-0.3, -0.25) is 19.7 Å². The van der Waals surface area contributed by atoms with Gasteiger partial charge in [0.05, 0.1) is 0 Å². The van der Waals surface area contributed by atoms with Gasteiger partial charge in [-0.2, -0.15) is 0 Å². The lowest BCUT2D eigenvalue weighted by Crippen LogP contribution is -2.52. The number of nitrogens with zero attached hydrogens (tertiary/aromatic N) is 2. The van der Waals surface area contributed by atoms with Gasteiger partial charge in [-0.05, 0) is 36.2 Å². The molecule has 30 heavy (non-hydrogen) atoms. The van der Waals surface area contributed by atoms with Crippen molar-refractivity contribution in [2.75, 3.05) is 0 Å². The summed E-state index contributed by atoms with van der Waals surface area (Å²) in [5.74, 6) is -0.952. The second-order valence-corrected chi connectivity index (χ2v) is 7.33. The minimum absolute atomic E-state index is 0.207. The molecule has 3 heterocycles. The van der Waals surface area contributed by atoms with Crippen LogP contribution in [0, 0.1) is 5.82 Å². The molecule has 1 unspecified atom stereocenters. The maximum absolute atomic E-state index is 14.0. The van der Waals surface area contributed by atoms with E-state index < -0.39 is 17.8 Å². The van der Waals surface area contributed by atoms with Gasteiger partial charge in [0, 0.05) is 35.7 Å². The number of amides is 3. The molecule has 0 spiro atoms. The van der Waals surface area contributed by atoms with Crippen LogP contribution in [0.1, 0.15) is 28.8 Å². The number of imide groups is 1. The summed E-state index contributed by atoms with van der Waals surface area (Å²) in [4.78, 5) is 37.8. The highest BCUT2D eigenvalue weighted by atomic mass is 19.1. The Bertz CT molecular complexity index is 1200. The van der Waals surface area contributed by atoms with E-state index in [4.69, 9.17) is 4.52 Å². The van der Waals surface area contributed by atoms with E-state index in [-0.39, 0.29) is 24.8 Å². The van der Waals surface area contributed by atoms with Crippen molar-refractivity contribution in [2.24, 2.45) is 0 Å². The minimum atomic E-state index is -0.663. The van der Waals surface area contributed by atoms with Crippen LogP contribution in [0.2, 0.25) is 0 Å². The molecule has 1 atom stereocenters. The standard InChI is InChI=1S/C22H16FN3O4/c23-16-4-2-1-3-15(16)17-10-19(30-25-17)12-5-6-14-13(9-12)11-26(22(14)29)18-7-8-20(27)24-21(18)28/h1-6,9-10,18H,7-8,11H2,(H,24,27,28). The van der Waals surface area contributed by atoms with Gasteiger partial charge in [0.2, 0.25) is 11.8 Å². The van der Waals surface area contributed by atoms with Crippen molar-refractivity contribution in [2.45, 2.75) is 25.4 Å². The summed E-state index contributed by atoms with van der Waals surface area (Å²) in [5, 5.41) is 6.25. The fraction of sp³-hybridized carbons (Fsp3) is 0.182. The van der Waals surface area contributed by atoms with Gasteiger partial charge in [-0.1, -0.05) is 23.4 Å². The fourth-order valence-corrected chi connectivity index (χ4v) is 3.93. The average Bonchev–Trinajstić information content (AvgIpc) is 3.34. The summed E-state index contributed by atoms with van der Waals surface area (Å²) < 4.78 is 19.4. The molecule has 0 saturated carbocycles. The Balaban J connectivity index is 1.42. The molecular weight excluding hydrogens is 389 g/mol. The number of nitrogens with one attached hydrogen (secondary N) is 1. The summed E-state index contributed by atoms with van der Waals surface area (Å²) in [6, 6.07) is 12.5. The summed E-state index contributed by atoms with van der Waals surface area (Å²) in [5.41, 5.74) is 2.68. The van der Waals surface area contributed by atoms with Crippen molar-refractivity contribution in [3.8, 4) is 22.6 Å². The third-order valence-electron chi connectivity index (χ3n) is 5.47. The first kappa shape index (κ1) is 18.2. The third kappa shape index (κ3) is 2.97. The number of hydrogen-bond donors (Lipinski definition) is 1. The lowest BCUT2D eigenvalue weighted by molar-refractivity contribution is -0.136. The first-order valence-electron chi connectivity index (χ1n) is 9.51. The van der Waals surface area contributed by atoms with Crippen LogP contribution in [0.4, 0.5) is 4.39 Å². The monoisotopic (exact) mass is 405 g/mol. The van der Waals surface area contributed by atoms with E-state index in [9.17, 15) is 18.8 Å². The number of fused-ring (bicyclic) bond motifs is 1. The van der Waals surface area contributed by atoms with E-state index in [2.05, 4.69) is 10.5 Å². The van der Waals surface area contributed by atoms with Gasteiger partial charge in [-0.15, -0.1) is 0 Å². The second kappa shape index (κ2) is 6.91. The molecule has 2 aliphatic heterocycles. The Morgan fingerprint density at radius 2 is 1.90 bits per heavy atom. The number of benzene rings is 2. The topological polar surface area (TPSA) is 92.5 Å². The van der Waals surface area contributed by atoms with Crippen molar-refractivity contribution in [1.82, 2.24) is 15.4 Å². The van der Waals surface area contributed by atoms with E-state index in [0.717, 1.165) is 5.56 Å². The SMILES string of the molecule is O=C1CCC(N2Cc3cc(-c4cc(-c5ccccc5F)no4)ccc3C2=O)C(=O)N1. The van der Waals surface area contributed by atoms with Crippen LogP contribution < -0.4 is 5.32 Å². The van der Waals surface area contributed by atoms with Crippen molar-refractivity contribution >= 4 is 17.7 Å². The van der Waals surface area contributed by atoms with Crippen LogP contribution in [0.15, 0.2) is 53.1 Å². The Morgan fingerprint density at radius 3 is 2.70 bits per heavy atom. The maximum atomic E-state index is 14.0. The number of carbonyl (C=O) groups is 3. The first-order chi connectivity index (χ1) is 14.5. The van der Waals surface area contributed by atoms with Crippen LogP contribution in [0.5, 0.6) is 0 Å². The predicted molar refractivity (Wildman–Crippen MR) is 103 cm³/mol. The highest BCUT2D eigenvalue weighted by Crippen LogP contribution is 2.33. The zero-order chi connectivity index (χ0) is 20.8. The fourth-order valence-electron chi connectivity index (χ4n) is 3.93. The van der Waals surface area contributed by atoms with Crippen LogP contribution in [0.25, 0.3) is 22.6 Å². The number of rotatable bonds is 3. The molecule has 1 saturated heterocycles. The molecule has 7 nitrogen and oxygen atoms in total. The molecule has 3 amide bonds. The average molecular weight is 405 g/mol. The quantitative estimate of drug-likeness (QED) is 0.677. The zero-order valence-corrected chi connectivity index (χ0v) is 15.7. The van der Waals surface area contributed by atoms with Gasteiger partial charge in [-0.25, -0.2) is 4.39 Å². The minimum Gasteiger partial charge on any atom is -0.356 e. The molecule has 150 valence electrons. The van der Waals surface area contributed by atoms with Crippen LogP contribution in [0.3, 0.4) is 0 Å². The number of halogens is 1. The van der Waals surface area contributed by atoms with E-state index in [1.165, 1.54) is 11.0 Å². The highest BCUT2D eigenvalue weighted by molar-refractivity contribution is 6.05. The Labute approximate surface area is 170 Å². The van der Waals surface area contributed by atoms with Gasteiger partial charge >= 0.3 is 0 Å². The Hall–Kier alpha value is -3.81. The summed E-state index contributed by atoms with van der Waals surface area (Å²) >= 11 is 0. The molecule has 1 fully saturated rings. The molecular formula is C22H16FN3O4. The van der Waals surface area contributed by atoms with Crippen LogP contribution >= 0.6 is 0 Å². The first-order valence-corrected chi connectivity index (χ1v) is 9.51. The van der Waals surface area contributed by atoms with Crippen molar-refractivity contribution < 1.29 is 23.3 Å². The van der Waals surface area contributed by atoms with Gasteiger partial charge < -0.3 is 9.42 Å². The zero-order valence-electron chi connectivity index (χ0n) is 15.7. The van der Waals surface area contributed by atoms with Gasteiger partial charge in [0.25, 0.3) is 5.91 Å². The van der Waals surface area contributed by atoms with Crippen LogP contribution in [-0.2, 0) is 16.1 Å². The van der Waals surface area contributed by atoms with Crippen molar-refractivity contribution in [3.05, 3.63) is 65.5 Å². The molecule has 1 N–H and O–H groups in total. The molecule has 5 rings (SSSR count). The predicted octanol–water partition coefficient (Wildman–Crippen LogP) is 2.91. The highest BCUT2D eigenvalue weighted by Gasteiger charge is 2.39. The van der Waals surface area contributed by atoms with Crippen molar-refractivity contribution in [1.29, 1.82) is 0 Å². The third-order valence-corrected chi connectivity index (χ3v) is 5.47. The number of aromatic nitrogens is 1. The number of hydrogen-bond acceptors (Lipinski definition) is 5. The van der Waals surface area contributed by atoms with E-state index in [1.807, 2.05) is 6.07 Å². The summed E-state index contributed by atoms with van der Waals surface area (Å²) in [6.45, 7) is 0.266. The maximum Gasteiger partial charge on any atom is 0.255 e. The summed E-state index contributed by atoms with van der Waals surface area (Å²) in [7, 11) is 0. The smallest absolute Gasteiger partial charge is 0.255 e. The Morgan fingerprint density at radius 1 is 1.07 bits per heavy atom. The number of piperidine rings is 1.